The van der Waals surface area contributed by atoms with Gasteiger partial charge in [-0.05, 0) is 42.0 Å². The van der Waals surface area contributed by atoms with Crippen LogP contribution in [0.3, 0.4) is 0 Å². The molecule has 2 aromatic heterocycles. The molecule has 4 aromatic rings. The van der Waals surface area contributed by atoms with Gasteiger partial charge in [-0.3, -0.25) is 0 Å². The summed E-state index contributed by atoms with van der Waals surface area (Å²) in [4.78, 5) is 11.6. The zero-order valence-corrected chi connectivity index (χ0v) is 17.7. The number of methoxy groups -OCH3 is 1. The molecule has 0 aliphatic heterocycles. The van der Waals surface area contributed by atoms with Gasteiger partial charge in [-0.1, -0.05) is 46.3 Å². The van der Waals surface area contributed by atoms with Gasteiger partial charge in [-0.25, -0.2) is 4.79 Å². The zero-order chi connectivity index (χ0) is 21.1. The lowest BCUT2D eigenvalue weighted by Crippen LogP contribution is -1.99. The highest BCUT2D eigenvalue weighted by molar-refractivity contribution is 9.10. The maximum Gasteiger partial charge on any atom is 0.373 e. The lowest BCUT2D eigenvalue weighted by Gasteiger charge is -2.02. The predicted octanol–water partition coefficient (Wildman–Crippen LogP) is 5.90. The van der Waals surface area contributed by atoms with Gasteiger partial charge in [0.2, 0.25) is 5.76 Å². The quantitative estimate of drug-likeness (QED) is 0.274. The molecule has 0 atom stereocenters. The highest BCUT2D eigenvalue weighted by atomic mass is 79.9. The molecule has 0 N–H and O–H groups in total. The van der Waals surface area contributed by atoms with E-state index in [0.717, 1.165) is 26.5 Å². The van der Waals surface area contributed by atoms with Crippen molar-refractivity contribution in [1.29, 1.82) is 5.26 Å². The fourth-order valence-corrected chi connectivity index (χ4v) is 3.59. The first-order valence-electron chi connectivity index (χ1n) is 9.21. The van der Waals surface area contributed by atoms with Gasteiger partial charge >= 0.3 is 5.97 Å². The molecule has 0 amide bonds. The first-order chi connectivity index (χ1) is 14.6. The molecule has 0 saturated heterocycles. The van der Waals surface area contributed by atoms with Crippen molar-refractivity contribution in [3.63, 3.8) is 0 Å². The van der Waals surface area contributed by atoms with Gasteiger partial charge in [0.1, 0.15) is 5.76 Å². The zero-order valence-electron chi connectivity index (χ0n) is 16.1. The molecular weight excluding hydrogens is 444 g/mol. The Balaban J connectivity index is 1.73. The normalized spacial score (nSPS) is 11.4. The van der Waals surface area contributed by atoms with Gasteiger partial charge in [-0.2, -0.15) is 5.26 Å². The molecule has 0 aliphatic rings. The number of halogens is 1. The van der Waals surface area contributed by atoms with Crippen LogP contribution in [0.4, 0.5) is 0 Å². The van der Waals surface area contributed by atoms with Crippen molar-refractivity contribution in [3.8, 4) is 6.07 Å². The minimum Gasteiger partial charge on any atom is -0.463 e. The van der Waals surface area contributed by atoms with E-state index >= 15 is 0 Å². The molecule has 4 rings (SSSR count). The summed E-state index contributed by atoms with van der Waals surface area (Å²) in [5, 5.41) is 10.7. The minimum atomic E-state index is -0.504. The van der Waals surface area contributed by atoms with E-state index in [1.165, 1.54) is 7.11 Å². The Bertz CT molecular complexity index is 1290. The molecule has 0 aliphatic carbocycles. The maximum absolute atomic E-state index is 11.6. The Hall–Kier alpha value is -3.56. The molecular formula is C24H17BrN2O3. The molecule has 0 saturated carbocycles. The number of nitriles is 1. The van der Waals surface area contributed by atoms with Crippen molar-refractivity contribution in [2.75, 3.05) is 7.11 Å². The number of allylic oxidation sites excluding steroid dienone is 1. The Morgan fingerprint density at radius 2 is 1.93 bits per heavy atom. The van der Waals surface area contributed by atoms with Crippen molar-refractivity contribution in [2.24, 2.45) is 0 Å². The molecule has 5 nitrogen and oxygen atoms in total. The van der Waals surface area contributed by atoms with Gasteiger partial charge in [0.15, 0.2) is 0 Å². The van der Waals surface area contributed by atoms with Gasteiger partial charge in [0.05, 0.1) is 25.3 Å². The molecule has 0 unspecified atom stereocenters. The number of carbonyl (C=O) groups excluding carboxylic acids is 1. The molecule has 0 fully saturated rings. The van der Waals surface area contributed by atoms with Crippen molar-refractivity contribution in [1.82, 2.24) is 4.57 Å². The van der Waals surface area contributed by atoms with E-state index in [9.17, 15) is 10.1 Å². The van der Waals surface area contributed by atoms with Gasteiger partial charge in [0, 0.05) is 27.1 Å². The number of hydrogen-bond acceptors (Lipinski definition) is 4. The second-order valence-electron chi connectivity index (χ2n) is 6.66. The van der Waals surface area contributed by atoms with Crippen molar-refractivity contribution < 1.29 is 13.9 Å². The van der Waals surface area contributed by atoms with Crippen LogP contribution in [0.5, 0.6) is 0 Å². The van der Waals surface area contributed by atoms with Crippen LogP contribution in [-0.2, 0) is 11.3 Å². The standard InChI is InChI=1S/C24H17BrN2O3/c1-29-24(28)23-11-10-20(30-23)15-27-14-18(21-4-2-3-5-22(21)27)12-17(13-26)16-6-8-19(25)9-7-16/h2-12,14H,15H2,1H3/b17-12-. The molecule has 148 valence electrons. The van der Waals surface area contributed by atoms with Crippen LogP contribution >= 0.6 is 15.9 Å². The molecule has 0 radical (unpaired) electrons. The molecule has 6 heteroatoms. The van der Waals surface area contributed by atoms with Gasteiger partial charge in [-0.15, -0.1) is 0 Å². The van der Waals surface area contributed by atoms with E-state index in [1.54, 1.807) is 12.1 Å². The molecule has 0 bridgehead atoms. The van der Waals surface area contributed by atoms with Crippen LogP contribution in [0.2, 0.25) is 0 Å². The van der Waals surface area contributed by atoms with Crippen molar-refractivity contribution in [2.45, 2.75) is 6.54 Å². The number of hydrogen-bond donors (Lipinski definition) is 0. The number of aromatic nitrogens is 1. The molecule has 30 heavy (non-hydrogen) atoms. The number of rotatable bonds is 5. The fraction of sp³-hybridized carbons (Fsp3) is 0.0833. The van der Waals surface area contributed by atoms with Crippen LogP contribution in [0.1, 0.15) is 27.4 Å². The third kappa shape index (κ3) is 3.93. The Labute approximate surface area is 181 Å². The largest absolute Gasteiger partial charge is 0.463 e. The smallest absolute Gasteiger partial charge is 0.373 e. The van der Waals surface area contributed by atoms with E-state index in [1.807, 2.05) is 65.4 Å². The summed E-state index contributed by atoms with van der Waals surface area (Å²) >= 11 is 3.42. The first kappa shape index (κ1) is 19.7. The number of esters is 1. The number of para-hydroxylation sites is 1. The van der Waals surface area contributed by atoms with Crippen molar-refractivity contribution in [3.05, 3.63) is 94.0 Å². The Kier molecular flexibility index (Phi) is 5.55. The van der Waals surface area contributed by atoms with Crippen LogP contribution in [-0.4, -0.2) is 17.6 Å². The summed E-state index contributed by atoms with van der Waals surface area (Å²) in [6, 6.07) is 21.3. The molecule has 2 aromatic carbocycles. The van der Waals surface area contributed by atoms with E-state index in [-0.39, 0.29) is 5.76 Å². The Morgan fingerprint density at radius 1 is 1.17 bits per heavy atom. The van der Waals surface area contributed by atoms with Gasteiger partial charge in [0.25, 0.3) is 0 Å². The summed E-state index contributed by atoms with van der Waals surface area (Å²) in [5.41, 5.74) is 3.38. The Morgan fingerprint density at radius 3 is 2.67 bits per heavy atom. The summed E-state index contributed by atoms with van der Waals surface area (Å²) in [6.07, 6.45) is 3.88. The number of carbonyl (C=O) groups is 1. The second kappa shape index (κ2) is 8.44. The number of fused-ring (bicyclic) bond motifs is 1. The number of ether oxygens (including phenoxy) is 1. The topological polar surface area (TPSA) is 68.2 Å². The van der Waals surface area contributed by atoms with Crippen LogP contribution in [0.25, 0.3) is 22.6 Å². The van der Waals surface area contributed by atoms with E-state index < -0.39 is 5.97 Å². The number of nitrogens with zero attached hydrogens (tertiary/aromatic N) is 2. The third-order valence-corrected chi connectivity index (χ3v) is 5.30. The fourth-order valence-electron chi connectivity index (χ4n) is 3.33. The number of furan rings is 1. The highest BCUT2D eigenvalue weighted by Crippen LogP contribution is 2.27. The predicted molar refractivity (Wildman–Crippen MR) is 119 cm³/mol. The minimum absolute atomic E-state index is 0.172. The third-order valence-electron chi connectivity index (χ3n) is 4.77. The SMILES string of the molecule is COC(=O)c1ccc(Cn2cc(/C=C(/C#N)c3ccc(Br)cc3)c3ccccc32)o1. The monoisotopic (exact) mass is 460 g/mol. The maximum atomic E-state index is 11.6. The van der Waals surface area contributed by atoms with Crippen molar-refractivity contribution >= 4 is 44.5 Å². The number of benzene rings is 2. The van der Waals surface area contributed by atoms with Crippen LogP contribution < -0.4 is 0 Å². The van der Waals surface area contributed by atoms with E-state index in [2.05, 4.69) is 22.0 Å². The van der Waals surface area contributed by atoms with Crippen LogP contribution in [0, 0.1) is 11.3 Å². The average molecular weight is 461 g/mol. The van der Waals surface area contributed by atoms with E-state index in [0.29, 0.717) is 17.9 Å². The van der Waals surface area contributed by atoms with E-state index in [4.69, 9.17) is 9.15 Å². The lowest BCUT2D eigenvalue weighted by molar-refractivity contribution is 0.0563. The summed E-state index contributed by atoms with van der Waals surface area (Å²) in [7, 11) is 1.32. The highest BCUT2D eigenvalue weighted by Gasteiger charge is 2.14. The van der Waals surface area contributed by atoms with Gasteiger partial charge < -0.3 is 13.7 Å². The summed E-state index contributed by atoms with van der Waals surface area (Å²) < 4.78 is 13.3. The molecule has 2 heterocycles. The average Bonchev–Trinajstić information content (AvgIpc) is 3.38. The molecule has 0 spiro atoms. The lowest BCUT2D eigenvalue weighted by atomic mass is 10.0. The summed E-state index contributed by atoms with van der Waals surface area (Å²) in [6.45, 7) is 0.450. The second-order valence-corrected chi connectivity index (χ2v) is 7.58. The first-order valence-corrected chi connectivity index (χ1v) is 10.0. The van der Waals surface area contributed by atoms with Crippen LogP contribution in [0.15, 0.2) is 75.8 Å². The summed E-state index contributed by atoms with van der Waals surface area (Å²) in [5.74, 6) is 0.307.